The van der Waals surface area contributed by atoms with Crippen molar-refractivity contribution in [2.24, 2.45) is 0 Å². The number of likely N-dealkylation sites (N-methyl/N-ethyl adjacent to an activating group) is 2. The first-order chi connectivity index (χ1) is 15.9. The van der Waals surface area contributed by atoms with Gasteiger partial charge in [-0.2, -0.15) is 0 Å². The third-order valence-corrected chi connectivity index (χ3v) is 7.71. The first kappa shape index (κ1) is 27.6. The molecule has 4 nitrogen and oxygen atoms in total. The monoisotopic (exact) mass is 652 g/mol. The molecule has 0 unspecified atom stereocenters. The summed E-state index contributed by atoms with van der Waals surface area (Å²) in [7, 11) is 0. The van der Waals surface area contributed by atoms with Crippen LogP contribution in [0.15, 0.2) is 48.3 Å². The molecule has 0 saturated heterocycles. The molecule has 9 heteroatoms. The lowest BCUT2D eigenvalue weighted by molar-refractivity contribution is 0.694. The number of anilines is 4. The minimum Gasteiger partial charge on any atom is -0.346 e. The first-order valence-corrected chi connectivity index (χ1v) is 12.8. The zero-order valence-electron chi connectivity index (χ0n) is 19.7. The Morgan fingerprint density at radius 2 is 1.03 bits per heavy atom. The molecule has 0 aromatic heterocycles. The van der Waals surface area contributed by atoms with Gasteiger partial charge in [0.25, 0.3) is 0 Å². The van der Waals surface area contributed by atoms with Gasteiger partial charge in [0.15, 0.2) is 0 Å². The van der Waals surface area contributed by atoms with Crippen LogP contribution in [0.1, 0.15) is 27.7 Å². The van der Waals surface area contributed by atoms with Crippen LogP contribution >= 0.6 is 70.4 Å². The van der Waals surface area contributed by atoms with Gasteiger partial charge in [-0.1, -0.05) is 52.5 Å². The van der Waals surface area contributed by atoms with Crippen molar-refractivity contribution in [1.82, 2.24) is 0 Å². The average Bonchev–Trinajstić information content (AvgIpc) is 3.24. The van der Waals surface area contributed by atoms with Gasteiger partial charge in [0.1, 0.15) is 12.0 Å². The van der Waals surface area contributed by atoms with E-state index in [1.54, 1.807) is 0 Å². The summed E-state index contributed by atoms with van der Waals surface area (Å²) in [5.41, 5.74) is 4.38. The normalized spacial score (nSPS) is 15.4. The van der Waals surface area contributed by atoms with Gasteiger partial charge in [-0.15, -0.1) is 24.0 Å². The fraction of sp³-hybridized carbons (Fsp3) is 0.360. The van der Waals surface area contributed by atoms with Gasteiger partial charge in [-0.05, 0) is 64.1 Å². The topological polar surface area (TPSA) is 13.0 Å². The standard InChI is InChI=1S/C25H28Cl4N4.HI/c1-5-30-20-12-16(26)17(27)13-21(20)31(6-2)24(30)10-9-11-25-32(7-3)22-14-18(28)19(29)15-23(22)33(25)8-4;/h9-15,24H,5-8H2,1-4H3;1H/b10-9+;. The molecule has 0 aliphatic carbocycles. The van der Waals surface area contributed by atoms with Crippen molar-refractivity contribution in [3.63, 3.8) is 0 Å². The Kier molecular flexibility index (Phi) is 9.24. The van der Waals surface area contributed by atoms with Crippen LogP contribution in [0.3, 0.4) is 0 Å². The van der Waals surface area contributed by atoms with Gasteiger partial charge in [0.2, 0.25) is 0 Å². The molecule has 2 aromatic rings. The Labute approximate surface area is 239 Å². The van der Waals surface area contributed by atoms with Crippen LogP contribution in [-0.4, -0.2) is 32.3 Å². The maximum Gasteiger partial charge on any atom is 0.121 e. The van der Waals surface area contributed by atoms with Crippen LogP contribution in [0.25, 0.3) is 0 Å². The van der Waals surface area contributed by atoms with Gasteiger partial charge in [0.05, 0.1) is 42.8 Å². The maximum atomic E-state index is 6.34. The minimum absolute atomic E-state index is 0. The Hall–Kier alpha value is -0.990. The lowest BCUT2D eigenvalue weighted by atomic mass is 10.2. The lowest BCUT2D eigenvalue weighted by Gasteiger charge is -2.29. The maximum absolute atomic E-state index is 6.34. The molecule has 0 bridgehead atoms. The molecule has 184 valence electrons. The number of benzene rings is 2. The molecule has 0 amide bonds. The zero-order chi connectivity index (χ0) is 23.9. The minimum atomic E-state index is 0. The zero-order valence-corrected chi connectivity index (χ0v) is 25.0. The molecule has 0 saturated carbocycles. The van der Waals surface area contributed by atoms with Crippen LogP contribution < -0.4 is 19.6 Å². The Morgan fingerprint density at radius 1 is 0.647 bits per heavy atom. The number of allylic oxidation sites excluding steroid dienone is 2. The second-order valence-electron chi connectivity index (χ2n) is 7.89. The van der Waals surface area contributed by atoms with E-state index in [0.717, 1.165) is 54.7 Å². The number of fused-ring (bicyclic) bond motifs is 2. The average molecular weight is 654 g/mol. The van der Waals surface area contributed by atoms with E-state index in [9.17, 15) is 0 Å². The number of rotatable bonds is 6. The Bertz CT molecular complexity index is 1040. The molecule has 0 atom stereocenters. The summed E-state index contributed by atoms with van der Waals surface area (Å²) in [6.07, 6.45) is 6.62. The number of hydrogen-bond acceptors (Lipinski definition) is 4. The van der Waals surface area contributed by atoms with Crippen molar-refractivity contribution in [3.8, 4) is 0 Å². The number of halogens is 5. The van der Waals surface area contributed by atoms with Crippen LogP contribution in [0, 0.1) is 0 Å². The van der Waals surface area contributed by atoms with E-state index in [1.807, 2.05) is 24.3 Å². The van der Waals surface area contributed by atoms with E-state index in [-0.39, 0.29) is 30.1 Å². The fourth-order valence-electron chi connectivity index (χ4n) is 4.80. The third-order valence-electron chi connectivity index (χ3n) is 6.27. The van der Waals surface area contributed by atoms with Gasteiger partial charge < -0.3 is 19.6 Å². The molecule has 4 rings (SSSR count). The summed E-state index contributed by atoms with van der Waals surface area (Å²) in [6.45, 7) is 12.0. The van der Waals surface area contributed by atoms with E-state index < -0.39 is 0 Å². The first-order valence-electron chi connectivity index (χ1n) is 11.3. The Balaban J connectivity index is 0.00000324. The summed E-state index contributed by atoms with van der Waals surface area (Å²) in [5.74, 6) is 1.11. The summed E-state index contributed by atoms with van der Waals surface area (Å²) in [4.78, 5) is 9.22. The van der Waals surface area contributed by atoms with Crippen molar-refractivity contribution in [2.75, 3.05) is 45.8 Å². The molecule has 0 spiro atoms. The van der Waals surface area contributed by atoms with Gasteiger partial charge >= 0.3 is 0 Å². The van der Waals surface area contributed by atoms with Crippen LogP contribution in [-0.2, 0) is 0 Å². The SMILES string of the molecule is CCN1C(=C/C=C/C2N(CC)c3cc(Cl)c(Cl)cc3N2CC)N(CC)c2cc(Cl)c(Cl)cc21.I. The molecule has 2 aromatic carbocycles. The summed E-state index contributed by atoms with van der Waals surface area (Å²) in [5, 5.41) is 2.30. The quantitative estimate of drug-likeness (QED) is 0.289. The molecular weight excluding hydrogens is 625 g/mol. The summed E-state index contributed by atoms with van der Waals surface area (Å²) < 4.78 is 0. The largest absolute Gasteiger partial charge is 0.346 e. The predicted octanol–water partition coefficient (Wildman–Crippen LogP) is 8.67. The highest BCUT2D eigenvalue weighted by molar-refractivity contribution is 14.0. The smallest absolute Gasteiger partial charge is 0.121 e. The van der Waals surface area contributed by atoms with Gasteiger partial charge in [0, 0.05) is 26.2 Å². The van der Waals surface area contributed by atoms with Gasteiger partial charge in [-0.3, -0.25) is 0 Å². The van der Waals surface area contributed by atoms with Crippen molar-refractivity contribution in [1.29, 1.82) is 0 Å². The van der Waals surface area contributed by atoms with Crippen molar-refractivity contribution < 1.29 is 0 Å². The van der Waals surface area contributed by atoms with E-state index in [0.29, 0.717) is 20.1 Å². The van der Waals surface area contributed by atoms with Crippen LogP contribution in [0.2, 0.25) is 20.1 Å². The second-order valence-corrected chi connectivity index (χ2v) is 9.52. The van der Waals surface area contributed by atoms with Crippen molar-refractivity contribution in [3.05, 3.63) is 68.4 Å². The lowest BCUT2D eigenvalue weighted by Crippen LogP contribution is -2.41. The van der Waals surface area contributed by atoms with E-state index in [1.165, 1.54) is 0 Å². The van der Waals surface area contributed by atoms with Crippen LogP contribution in [0.5, 0.6) is 0 Å². The highest BCUT2D eigenvalue weighted by atomic mass is 127. The van der Waals surface area contributed by atoms with Gasteiger partial charge in [-0.25, -0.2) is 0 Å². The number of hydrogen-bond donors (Lipinski definition) is 0. The second kappa shape index (κ2) is 11.4. The van der Waals surface area contributed by atoms with Crippen molar-refractivity contribution >= 4 is 93.1 Å². The molecule has 2 aliphatic heterocycles. The third kappa shape index (κ3) is 4.71. The molecule has 0 N–H and O–H groups in total. The summed E-state index contributed by atoms with van der Waals surface area (Å²) >= 11 is 25.3. The molecule has 2 aliphatic rings. The molecule has 34 heavy (non-hydrogen) atoms. The molecular formula is C25H29Cl4IN4. The highest BCUT2D eigenvalue weighted by Gasteiger charge is 2.34. The Morgan fingerprint density at radius 3 is 1.38 bits per heavy atom. The molecule has 0 fully saturated rings. The van der Waals surface area contributed by atoms with Crippen LogP contribution in [0.4, 0.5) is 22.7 Å². The molecule has 2 heterocycles. The van der Waals surface area contributed by atoms with Crippen molar-refractivity contribution in [2.45, 2.75) is 33.9 Å². The molecule has 0 radical (unpaired) electrons. The number of nitrogens with zero attached hydrogens (tertiary/aromatic N) is 4. The fourth-order valence-corrected chi connectivity index (χ4v) is 5.43. The highest BCUT2D eigenvalue weighted by Crippen LogP contribution is 2.46. The predicted molar refractivity (Wildman–Crippen MR) is 161 cm³/mol. The van der Waals surface area contributed by atoms with E-state index in [2.05, 4.69) is 65.5 Å². The van der Waals surface area contributed by atoms with E-state index >= 15 is 0 Å². The summed E-state index contributed by atoms with van der Waals surface area (Å²) in [6, 6.07) is 7.84. The van der Waals surface area contributed by atoms with E-state index in [4.69, 9.17) is 46.4 Å².